The Morgan fingerprint density at radius 3 is 1.60 bits per heavy atom. The first-order valence-corrected chi connectivity index (χ1v) is 6.51. The van der Waals surface area contributed by atoms with Crippen LogP contribution < -0.4 is 0 Å². The van der Waals surface area contributed by atoms with Crippen LogP contribution >= 0.6 is 0 Å². The molecule has 3 rings (SSSR count). The number of aromatic nitrogens is 5. The van der Waals surface area contributed by atoms with E-state index in [1.165, 1.54) is 0 Å². The SMILES string of the molecule is Cc1nc(C)c(-c2nccn2C)cc1-c1nccn1C. The monoisotopic (exact) mass is 267 g/mol. The molecule has 0 amide bonds. The van der Waals surface area contributed by atoms with Crippen molar-refractivity contribution in [2.75, 3.05) is 0 Å². The summed E-state index contributed by atoms with van der Waals surface area (Å²) in [4.78, 5) is 13.5. The van der Waals surface area contributed by atoms with Crippen LogP contribution in [0.2, 0.25) is 0 Å². The van der Waals surface area contributed by atoms with E-state index in [0.717, 1.165) is 34.2 Å². The second-order valence-electron chi connectivity index (χ2n) is 4.98. The zero-order chi connectivity index (χ0) is 14.3. The second-order valence-corrected chi connectivity index (χ2v) is 4.98. The summed E-state index contributed by atoms with van der Waals surface area (Å²) in [5, 5.41) is 0. The minimum Gasteiger partial charge on any atom is -0.334 e. The summed E-state index contributed by atoms with van der Waals surface area (Å²) >= 11 is 0. The van der Waals surface area contributed by atoms with Crippen LogP contribution in [0.25, 0.3) is 22.8 Å². The fourth-order valence-electron chi connectivity index (χ4n) is 2.43. The minimum atomic E-state index is 0.922. The van der Waals surface area contributed by atoms with Crippen molar-refractivity contribution in [3.8, 4) is 22.8 Å². The molecule has 3 aromatic rings. The van der Waals surface area contributed by atoms with E-state index in [0.29, 0.717) is 0 Å². The van der Waals surface area contributed by atoms with Crippen LogP contribution in [-0.4, -0.2) is 24.1 Å². The van der Waals surface area contributed by atoms with E-state index in [1.54, 1.807) is 12.4 Å². The third-order valence-electron chi connectivity index (χ3n) is 3.53. The Morgan fingerprint density at radius 1 is 0.800 bits per heavy atom. The highest BCUT2D eigenvalue weighted by Crippen LogP contribution is 2.28. The first-order chi connectivity index (χ1) is 9.58. The van der Waals surface area contributed by atoms with Gasteiger partial charge in [-0.1, -0.05) is 0 Å². The zero-order valence-corrected chi connectivity index (χ0v) is 12.1. The van der Waals surface area contributed by atoms with Crippen LogP contribution in [0, 0.1) is 13.8 Å². The summed E-state index contributed by atoms with van der Waals surface area (Å²) in [5.41, 5.74) is 4.05. The fourth-order valence-corrected chi connectivity index (χ4v) is 2.43. The summed E-state index contributed by atoms with van der Waals surface area (Å²) in [6.45, 7) is 4.03. The molecule has 0 saturated heterocycles. The van der Waals surface area contributed by atoms with Gasteiger partial charge in [0.2, 0.25) is 0 Å². The average Bonchev–Trinajstić information content (AvgIpc) is 2.99. The van der Waals surface area contributed by atoms with Gasteiger partial charge in [-0.15, -0.1) is 0 Å². The van der Waals surface area contributed by atoms with Gasteiger partial charge in [-0.3, -0.25) is 4.98 Å². The van der Waals surface area contributed by atoms with Gasteiger partial charge in [-0.25, -0.2) is 9.97 Å². The van der Waals surface area contributed by atoms with Gasteiger partial charge in [-0.2, -0.15) is 0 Å². The van der Waals surface area contributed by atoms with Crippen LogP contribution in [0.3, 0.4) is 0 Å². The Kier molecular flexibility index (Phi) is 2.89. The minimum absolute atomic E-state index is 0.922. The van der Waals surface area contributed by atoms with Crippen LogP contribution in [0.1, 0.15) is 11.4 Å². The fraction of sp³-hybridized carbons (Fsp3) is 0.267. The van der Waals surface area contributed by atoms with Crippen LogP contribution in [0.4, 0.5) is 0 Å². The maximum Gasteiger partial charge on any atom is 0.141 e. The molecule has 0 aliphatic rings. The molecule has 102 valence electrons. The number of hydrogen-bond acceptors (Lipinski definition) is 3. The van der Waals surface area contributed by atoms with Crippen molar-refractivity contribution in [1.29, 1.82) is 0 Å². The van der Waals surface area contributed by atoms with Crippen molar-refractivity contribution >= 4 is 0 Å². The molecular weight excluding hydrogens is 250 g/mol. The van der Waals surface area contributed by atoms with Crippen LogP contribution in [0.5, 0.6) is 0 Å². The van der Waals surface area contributed by atoms with Crippen LogP contribution in [0.15, 0.2) is 30.9 Å². The molecule has 0 saturated carbocycles. The summed E-state index contributed by atoms with van der Waals surface area (Å²) < 4.78 is 4.00. The third kappa shape index (κ3) is 1.91. The standard InChI is InChI=1S/C15H17N5/c1-10-12(14-16-5-7-19(14)3)9-13(11(2)18-10)15-17-6-8-20(15)4/h5-9H,1-4H3. The Bertz CT molecular complexity index is 705. The summed E-state index contributed by atoms with van der Waals surface area (Å²) in [7, 11) is 3.98. The maximum absolute atomic E-state index is 4.66. The lowest BCUT2D eigenvalue weighted by Crippen LogP contribution is -2.01. The van der Waals surface area contributed by atoms with E-state index in [4.69, 9.17) is 0 Å². The number of imidazole rings is 2. The van der Waals surface area contributed by atoms with Gasteiger partial charge in [0, 0.05) is 61.4 Å². The zero-order valence-electron chi connectivity index (χ0n) is 12.1. The van der Waals surface area contributed by atoms with E-state index in [9.17, 15) is 0 Å². The van der Waals surface area contributed by atoms with Crippen molar-refractivity contribution in [1.82, 2.24) is 24.1 Å². The predicted octanol–water partition coefficient (Wildman–Crippen LogP) is 2.50. The number of rotatable bonds is 2. The highest BCUT2D eigenvalue weighted by atomic mass is 15.0. The van der Waals surface area contributed by atoms with Gasteiger partial charge in [0.15, 0.2) is 0 Å². The Balaban J connectivity index is 2.24. The normalized spacial score (nSPS) is 11.0. The lowest BCUT2D eigenvalue weighted by atomic mass is 10.1. The largest absolute Gasteiger partial charge is 0.334 e. The molecule has 0 radical (unpaired) electrons. The summed E-state index contributed by atoms with van der Waals surface area (Å²) in [6, 6.07) is 2.13. The van der Waals surface area contributed by atoms with Gasteiger partial charge in [0.25, 0.3) is 0 Å². The molecule has 0 aromatic carbocycles. The first kappa shape index (κ1) is 12.6. The molecule has 5 heteroatoms. The number of pyridine rings is 1. The van der Waals surface area contributed by atoms with Crippen molar-refractivity contribution in [2.24, 2.45) is 14.1 Å². The Hall–Kier alpha value is -2.43. The Morgan fingerprint density at radius 2 is 1.25 bits per heavy atom. The molecule has 5 nitrogen and oxygen atoms in total. The van der Waals surface area contributed by atoms with Gasteiger partial charge < -0.3 is 9.13 Å². The third-order valence-corrected chi connectivity index (χ3v) is 3.53. The lowest BCUT2D eigenvalue weighted by molar-refractivity contribution is 0.911. The number of nitrogens with zero attached hydrogens (tertiary/aromatic N) is 5. The highest BCUT2D eigenvalue weighted by Gasteiger charge is 2.14. The molecule has 0 unspecified atom stereocenters. The summed E-state index contributed by atoms with van der Waals surface area (Å²) in [5.74, 6) is 1.84. The van der Waals surface area contributed by atoms with Crippen molar-refractivity contribution in [2.45, 2.75) is 13.8 Å². The van der Waals surface area contributed by atoms with Crippen molar-refractivity contribution in [3.63, 3.8) is 0 Å². The molecule has 0 aliphatic carbocycles. The van der Waals surface area contributed by atoms with Crippen molar-refractivity contribution in [3.05, 3.63) is 42.2 Å². The predicted molar refractivity (Wildman–Crippen MR) is 78.1 cm³/mol. The molecule has 0 bridgehead atoms. The van der Waals surface area contributed by atoms with Gasteiger partial charge >= 0.3 is 0 Å². The van der Waals surface area contributed by atoms with E-state index in [1.807, 2.05) is 49.5 Å². The van der Waals surface area contributed by atoms with E-state index in [2.05, 4.69) is 21.0 Å². The van der Waals surface area contributed by atoms with Crippen molar-refractivity contribution < 1.29 is 0 Å². The molecular formula is C15H17N5. The van der Waals surface area contributed by atoms with E-state index < -0.39 is 0 Å². The molecule has 3 aromatic heterocycles. The first-order valence-electron chi connectivity index (χ1n) is 6.51. The number of aryl methyl sites for hydroxylation is 4. The smallest absolute Gasteiger partial charge is 0.141 e. The van der Waals surface area contributed by atoms with Gasteiger partial charge in [0.1, 0.15) is 11.6 Å². The quantitative estimate of drug-likeness (QED) is 0.716. The lowest BCUT2D eigenvalue weighted by Gasteiger charge is -2.11. The summed E-state index contributed by atoms with van der Waals surface area (Å²) in [6.07, 6.45) is 7.48. The Labute approximate surface area is 118 Å². The molecule has 0 aliphatic heterocycles. The second kappa shape index (κ2) is 4.59. The molecule has 0 N–H and O–H groups in total. The van der Waals surface area contributed by atoms with E-state index in [-0.39, 0.29) is 0 Å². The molecule has 20 heavy (non-hydrogen) atoms. The van der Waals surface area contributed by atoms with Gasteiger partial charge in [0.05, 0.1) is 0 Å². The topological polar surface area (TPSA) is 48.5 Å². The molecule has 0 spiro atoms. The highest BCUT2D eigenvalue weighted by molar-refractivity contribution is 5.69. The maximum atomic E-state index is 4.66. The van der Waals surface area contributed by atoms with Crippen LogP contribution in [-0.2, 0) is 14.1 Å². The average molecular weight is 267 g/mol. The van der Waals surface area contributed by atoms with Gasteiger partial charge in [-0.05, 0) is 19.9 Å². The molecule has 0 fully saturated rings. The van der Waals surface area contributed by atoms with E-state index >= 15 is 0 Å². The number of hydrogen-bond donors (Lipinski definition) is 0. The molecule has 0 atom stereocenters. The molecule has 3 heterocycles.